The van der Waals surface area contributed by atoms with Gasteiger partial charge in [0.15, 0.2) is 0 Å². The summed E-state index contributed by atoms with van der Waals surface area (Å²) in [7, 11) is 2.12. The number of rotatable bonds is 4. The highest BCUT2D eigenvalue weighted by Crippen LogP contribution is 2.30. The normalized spacial score (nSPS) is 21.6. The van der Waals surface area contributed by atoms with Gasteiger partial charge >= 0.3 is 0 Å². The lowest BCUT2D eigenvalue weighted by Gasteiger charge is -2.30. The molecule has 1 atom stereocenters. The summed E-state index contributed by atoms with van der Waals surface area (Å²) in [5.41, 5.74) is 0.461. The van der Waals surface area contributed by atoms with Crippen molar-refractivity contribution >= 4 is 0 Å². The fourth-order valence-corrected chi connectivity index (χ4v) is 2.87. The first-order valence-electron chi connectivity index (χ1n) is 6.68. The van der Waals surface area contributed by atoms with E-state index in [0.29, 0.717) is 5.41 Å². The van der Waals surface area contributed by atoms with Crippen molar-refractivity contribution in [3.63, 3.8) is 0 Å². The van der Waals surface area contributed by atoms with Crippen LogP contribution in [0.3, 0.4) is 0 Å². The molecule has 1 heteroatoms. The standard InChI is InChI=1S/C14H29N/c1-14(2,3)11-13(15-4)10-12-8-6-5-7-9-12/h12-13,15H,5-11H2,1-4H3. The molecule has 0 spiro atoms. The fourth-order valence-electron chi connectivity index (χ4n) is 2.87. The van der Waals surface area contributed by atoms with Crippen LogP contribution in [-0.2, 0) is 0 Å². The third-order valence-electron chi connectivity index (χ3n) is 3.61. The minimum Gasteiger partial charge on any atom is -0.317 e. The molecular formula is C14H29N. The first-order chi connectivity index (χ1) is 7.01. The molecule has 0 aromatic heterocycles. The average molecular weight is 211 g/mol. The molecule has 0 aliphatic heterocycles. The van der Waals surface area contributed by atoms with Crippen LogP contribution in [-0.4, -0.2) is 13.1 Å². The topological polar surface area (TPSA) is 12.0 Å². The van der Waals surface area contributed by atoms with Gasteiger partial charge in [-0.05, 0) is 31.2 Å². The quantitative estimate of drug-likeness (QED) is 0.741. The Morgan fingerprint density at radius 2 is 1.73 bits per heavy atom. The van der Waals surface area contributed by atoms with Gasteiger partial charge in [-0.2, -0.15) is 0 Å². The molecule has 1 fully saturated rings. The van der Waals surface area contributed by atoms with Crippen LogP contribution in [0.5, 0.6) is 0 Å². The SMILES string of the molecule is CNC(CC1CCCCC1)CC(C)(C)C. The van der Waals surface area contributed by atoms with Gasteiger partial charge in [0.2, 0.25) is 0 Å². The van der Waals surface area contributed by atoms with Gasteiger partial charge in [0, 0.05) is 6.04 Å². The van der Waals surface area contributed by atoms with E-state index in [2.05, 4.69) is 33.1 Å². The molecule has 1 aliphatic carbocycles. The number of nitrogens with one attached hydrogen (secondary N) is 1. The van der Waals surface area contributed by atoms with Gasteiger partial charge in [-0.15, -0.1) is 0 Å². The molecule has 0 aromatic rings. The van der Waals surface area contributed by atoms with Crippen LogP contribution in [0, 0.1) is 11.3 Å². The maximum Gasteiger partial charge on any atom is 0.00716 e. The van der Waals surface area contributed by atoms with E-state index in [1.807, 2.05) is 0 Å². The molecule has 1 rings (SSSR count). The zero-order valence-electron chi connectivity index (χ0n) is 11.1. The van der Waals surface area contributed by atoms with Crippen molar-refractivity contribution in [3.8, 4) is 0 Å². The van der Waals surface area contributed by atoms with E-state index in [-0.39, 0.29) is 0 Å². The monoisotopic (exact) mass is 211 g/mol. The van der Waals surface area contributed by atoms with Gasteiger partial charge in [0.25, 0.3) is 0 Å². The van der Waals surface area contributed by atoms with E-state index < -0.39 is 0 Å². The molecule has 0 saturated heterocycles. The summed E-state index contributed by atoms with van der Waals surface area (Å²) in [6.45, 7) is 7.04. The highest BCUT2D eigenvalue weighted by atomic mass is 14.9. The molecule has 1 aliphatic rings. The Morgan fingerprint density at radius 3 is 2.20 bits per heavy atom. The van der Waals surface area contributed by atoms with Crippen LogP contribution >= 0.6 is 0 Å². The fraction of sp³-hybridized carbons (Fsp3) is 1.00. The van der Waals surface area contributed by atoms with E-state index in [1.165, 1.54) is 44.9 Å². The van der Waals surface area contributed by atoms with Crippen LogP contribution in [0.2, 0.25) is 0 Å². The maximum absolute atomic E-state index is 3.51. The molecule has 0 aromatic carbocycles. The van der Waals surface area contributed by atoms with E-state index in [1.54, 1.807) is 0 Å². The Balaban J connectivity index is 2.31. The van der Waals surface area contributed by atoms with E-state index in [4.69, 9.17) is 0 Å². The van der Waals surface area contributed by atoms with Crippen molar-refractivity contribution in [2.24, 2.45) is 11.3 Å². The molecule has 0 heterocycles. The summed E-state index contributed by atoms with van der Waals surface area (Å²) in [6.07, 6.45) is 10.1. The van der Waals surface area contributed by atoms with Crippen molar-refractivity contribution < 1.29 is 0 Å². The maximum atomic E-state index is 3.51. The highest BCUT2D eigenvalue weighted by Gasteiger charge is 2.22. The first kappa shape index (κ1) is 13.0. The zero-order valence-corrected chi connectivity index (χ0v) is 11.1. The second-order valence-electron chi connectivity index (χ2n) is 6.49. The van der Waals surface area contributed by atoms with Crippen molar-refractivity contribution in [3.05, 3.63) is 0 Å². The summed E-state index contributed by atoms with van der Waals surface area (Å²) in [6, 6.07) is 0.730. The van der Waals surface area contributed by atoms with Crippen molar-refractivity contribution in [2.75, 3.05) is 7.05 Å². The third-order valence-corrected chi connectivity index (χ3v) is 3.61. The molecule has 0 bridgehead atoms. The second kappa shape index (κ2) is 5.89. The van der Waals surface area contributed by atoms with Crippen molar-refractivity contribution in [1.82, 2.24) is 5.32 Å². The van der Waals surface area contributed by atoms with E-state index >= 15 is 0 Å². The third kappa shape index (κ3) is 5.55. The largest absolute Gasteiger partial charge is 0.317 e. The molecule has 90 valence electrons. The van der Waals surface area contributed by atoms with Crippen LogP contribution in [0.15, 0.2) is 0 Å². The lowest BCUT2D eigenvalue weighted by atomic mass is 9.80. The highest BCUT2D eigenvalue weighted by molar-refractivity contribution is 4.78. The van der Waals surface area contributed by atoms with Crippen molar-refractivity contribution in [1.29, 1.82) is 0 Å². The predicted molar refractivity (Wildman–Crippen MR) is 68.1 cm³/mol. The minimum absolute atomic E-state index is 0.461. The molecule has 1 unspecified atom stereocenters. The average Bonchev–Trinajstić information content (AvgIpc) is 2.16. The van der Waals surface area contributed by atoms with Crippen LogP contribution in [0.1, 0.15) is 65.7 Å². The van der Waals surface area contributed by atoms with Gasteiger partial charge in [0.05, 0.1) is 0 Å². The zero-order chi connectivity index (χ0) is 11.3. The predicted octanol–water partition coefficient (Wildman–Crippen LogP) is 3.98. The Bertz CT molecular complexity index is 163. The Morgan fingerprint density at radius 1 is 1.13 bits per heavy atom. The smallest absolute Gasteiger partial charge is 0.00716 e. The van der Waals surface area contributed by atoms with Crippen LogP contribution in [0.4, 0.5) is 0 Å². The lowest BCUT2D eigenvalue weighted by molar-refractivity contribution is 0.250. The van der Waals surface area contributed by atoms with Gasteiger partial charge in [0.1, 0.15) is 0 Å². The van der Waals surface area contributed by atoms with Crippen LogP contribution < -0.4 is 5.32 Å². The summed E-state index contributed by atoms with van der Waals surface area (Å²) in [5, 5.41) is 3.51. The summed E-state index contributed by atoms with van der Waals surface area (Å²) >= 11 is 0. The summed E-state index contributed by atoms with van der Waals surface area (Å²) in [5.74, 6) is 0.999. The molecule has 0 amide bonds. The minimum atomic E-state index is 0.461. The summed E-state index contributed by atoms with van der Waals surface area (Å²) in [4.78, 5) is 0. The van der Waals surface area contributed by atoms with E-state index in [9.17, 15) is 0 Å². The van der Waals surface area contributed by atoms with Crippen molar-refractivity contribution in [2.45, 2.75) is 71.8 Å². The lowest BCUT2D eigenvalue weighted by Crippen LogP contribution is -2.32. The molecule has 1 nitrogen and oxygen atoms in total. The molecule has 0 radical (unpaired) electrons. The Labute approximate surface area is 96.0 Å². The van der Waals surface area contributed by atoms with Gasteiger partial charge < -0.3 is 5.32 Å². The molecule has 1 saturated carbocycles. The van der Waals surface area contributed by atoms with Gasteiger partial charge in [-0.1, -0.05) is 52.9 Å². The number of hydrogen-bond acceptors (Lipinski definition) is 1. The van der Waals surface area contributed by atoms with Gasteiger partial charge in [-0.3, -0.25) is 0 Å². The second-order valence-corrected chi connectivity index (χ2v) is 6.49. The molecular weight excluding hydrogens is 182 g/mol. The molecule has 1 N–H and O–H groups in total. The molecule has 15 heavy (non-hydrogen) atoms. The number of hydrogen-bond donors (Lipinski definition) is 1. The van der Waals surface area contributed by atoms with E-state index in [0.717, 1.165) is 12.0 Å². The summed E-state index contributed by atoms with van der Waals surface area (Å²) < 4.78 is 0. The Kier molecular flexibility index (Phi) is 5.11. The van der Waals surface area contributed by atoms with Crippen LogP contribution in [0.25, 0.3) is 0 Å². The first-order valence-corrected chi connectivity index (χ1v) is 6.68. The Hall–Kier alpha value is -0.0400. The van der Waals surface area contributed by atoms with Gasteiger partial charge in [-0.25, -0.2) is 0 Å².